The second-order valence-corrected chi connectivity index (χ2v) is 5.39. The van der Waals surface area contributed by atoms with Gasteiger partial charge in [0.2, 0.25) is 0 Å². The summed E-state index contributed by atoms with van der Waals surface area (Å²) >= 11 is 1.56. The van der Waals surface area contributed by atoms with E-state index in [9.17, 15) is 9.18 Å². The number of amides is 1. The Labute approximate surface area is 127 Å². The minimum absolute atomic E-state index is 0.114. The van der Waals surface area contributed by atoms with Crippen LogP contribution in [0.5, 0.6) is 0 Å². The van der Waals surface area contributed by atoms with Crippen LogP contribution in [0.4, 0.5) is 4.39 Å². The molecule has 0 radical (unpaired) electrons. The summed E-state index contributed by atoms with van der Waals surface area (Å²) in [7, 11) is 0. The summed E-state index contributed by atoms with van der Waals surface area (Å²) in [6, 6.07) is 7.99. The second-order valence-electron chi connectivity index (χ2n) is 4.41. The number of nitrogens with two attached hydrogens (primary N) is 1. The molecule has 2 aromatic rings. The van der Waals surface area contributed by atoms with Gasteiger partial charge in [0, 0.05) is 10.4 Å². The van der Waals surface area contributed by atoms with Gasteiger partial charge in [-0.2, -0.15) is 0 Å². The highest BCUT2D eigenvalue weighted by Gasteiger charge is 2.13. The topological polar surface area (TPSA) is 55.1 Å². The molecule has 3 N–H and O–H groups in total. The molecule has 108 valence electrons. The Balaban J connectivity index is 2.11. The van der Waals surface area contributed by atoms with Crippen LogP contribution in [-0.4, -0.2) is 12.5 Å². The fourth-order valence-corrected chi connectivity index (χ4v) is 2.53. The first-order valence-electron chi connectivity index (χ1n) is 6.44. The van der Waals surface area contributed by atoms with Crippen molar-refractivity contribution in [3.63, 3.8) is 0 Å². The lowest BCUT2D eigenvalue weighted by Crippen LogP contribution is -2.26. The molecule has 21 heavy (non-hydrogen) atoms. The Hall–Kier alpha value is -2.16. The van der Waals surface area contributed by atoms with Gasteiger partial charge in [-0.05, 0) is 36.6 Å². The maximum absolute atomic E-state index is 13.8. The molecule has 0 aliphatic heterocycles. The van der Waals surface area contributed by atoms with Crippen molar-refractivity contribution >= 4 is 17.2 Å². The largest absolute Gasteiger partial charge is 0.345 e. The first kappa shape index (κ1) is 15.2. The lowest BCUT2D eigenvalue weighted by atomic mass is 10.1. The number of benzene rings is 1. The quantitative estimate of drug-likeness (QED) is 0.857. The van der Waals surface area contributed by atoms with E-state index < -0.39 is 5.82 Å². The number of thiophene rings is 1. The molecule has 1 atom stereocenters. The molecule has 1 aromatic carbocycles. The molecule has 5 heteroatoms. The summed E-state index contributed by atoms with van der Waals surface area (Å²) in [6.07, 6.45) is 0. The standard InChI is InChI=1S/C16H15FN2OS/c1-11(15-5-3-9-21-15)19-16(20)13-7-6-12(4-2-8-18)14(17)10-13/h3,5-7,9-11H,8,18H2,1H3,(H,19,20). The van der Waals surface area contributed by atoms with Crippen LogP contribution in [-0.2, 0) is 0 Å². The molecule has 0 saturated carbocycles. The van der Waals surface area contributed by atoms with Crippen molar-refractivity contribution in [3.8, 4) is 11.8 Å². The summed E-state index contributed by atoms with van der Waals surface area (Å²) in [5.74, 6) is 4.37. The van der Waals surface area contributed by atoms with E-state index in [1.807, 2.05) is 24.4 Å². The Morgan fingerprint density at radius 3 is 2.90 bits per heavy atom. The molecule has 0 aliphatic carbocycles. The average molecular weight is 302 g/mol. The third kappa shape index (κ3) is 3.91. The van der Waals surface area contributed by atoms with Crippen molar-refractivity contribution in [1.82, 2.24) is 5.32 Å². The lowest BCUT2D eigenvalue weighted by Gasteiger charge is -2.12. The monoisotopic (exact) mass is 302 g/mol. The molecule has 0 spiro atoms. The molecule has 0 fully saturated rings. The van der Waals surface area contributed by atoms with Gasteiger partial charge >= 0.3 is 0 Å². The number of carbonyl (C=O) groups is 1. The minimum atomic E-state index is -0.521. The predicted octanol–water partition coefficient (Wildman–Crippen LogP) is 2.69. The summed E-state index contributed by atoms with van der Waals surface area (Å²) in [6.45, 7) is 2.06. The Kier molecular flexibility index (Phi) is 5.09. The van der Waals surface area contributed by atoms with Gasteiger partial charge in [0.05, 0.1) is 18.2 Å². The second kappa shape index (κ2) is 7.02. The van der Waals surface area contributed by atoms with E-state index in [2.05, 4.69) is 17.2 Å². The molecular weight excluding hydrogens is 287 g/mol. The predicted molar refractivity (Wildman–Crippen MR) is 82.5 cm³/mol. The SMILES string of the molecule is CC(NC(=O)c1ccc(C#CCN)c(F)c1)c1cccs1. The first-order chi connectivity index (χ1) is 10.1. The number of carbonyl (C=O) groups excluding carboxylic acids is 1. The minimum Gasteiger partial charge on any atom is -0.345 e. The summed E-state index contributed by atoms with van der Waals surface area (Å²) in [5.41, 5.74) is 5.76. The zero-order valence-electron chi connectivity index (χ0n) is 11.5. The zero-order valence-corrected chi connectivity index (χ0v) is 12.3. The van der Waals surface area contributed by atoms with Gasteiger partial charge in [-0.1, -0.05) is 17.9 Å². The number of halogens is 1. The molecule has 1 aromatic heterocycles. The molecule has 1 unspecified atom stereocenters. The van der Waals surface area contributed by atoms with Crippen LogP contribution in [0.15, 0.2) is 35.7 Å². The molecule has 0 bridgehead atoms. The van der Waals surface area contributed by atoms with Gasteiger partial charge in [0.25, 0.3) is 5.91 Å². The summed E-state index contributed by atoms with van der Waals surface area (Å²) < 4.78 is 13.8. The average Bonchev–Trinajstić information content (AvgIpc) is 3.00. The van der Waals surface area contributed by atoms with Gasteiger partial charge in [-0.15, -0.1) is 11.3 Å². The summed E-state index contributed by atoms with van der Waals surface area (Å²) in [5, 5.41) is 4.78. The van der Waals surface area contributed by atoms with Crippen molar-refractivity contribution in [1.29, 1.82) is 0 Å². The van der Waals surface area contributed by atoms with Crippen LogP contribution < -0.4 is 11.1 Å². The van der Waals surface area contributed by atoms with Crippen LogP contribution in [0.3, 0.4) is 0 Å². The van der Waals surface area contributed by atoms with E-state index in [0.29, 0.717) is 0 Å². The highest BCUT2D eigenvalue weighted by atomic mass is 32.1. The number of rotatable bonds is 3. The van der Waals surface area contributed by atoms with Crippen LogP contribution in [0.25, 0.3) is 0 Å². The van der Waals surface area contributed by atoms with Crippen molar-refractivity contribution < 1.29 is 9.18 Å². The molecular formula is C16H15FN2OS. The van der Waals surface area contributed by atoms with Crippen LogP contribution in [0.1, 0.15) is 33.8 Å². The molecule has 0 saturated heterocycles. The first-order valence-corrected chi connectivity index (χ1v) is 7.32. The molecule has 0 aliphatic rings. The third-order valence-corrected chi connectivity index (χ3v) is 3.93. The number of hydrogen-bond acceptors (Lipinski definition) is 3. The van der Waals surface area contributed by atoms with E-state index in [0.717, 1.165) is 4.88 Å². The van der Waals surface area contributed by atoms with Crippen LogP contribution in [0, 0.1) is 17.7 Å². The number of hydrogen-bond donors (Lipinski definition) is 2. The van der Waals surface area contributed by atoms with Crippen molar-refractivity contribution in [2.24, 2.45) is 5.73 Å². The van der Waals surface area contributed by atoms with Crippen LogP contribution in [0.2, 0.25) is 0 Å². The molecule has 1 amide bonds. The van der Waals surface area contributed by atoms with E-state index in [1.165, 1.54) is 12.1 Å². The van der Waals surface area contributed by atoms with Gasteiger partial charge in [0.1, 0.15) is 5.82 Å². The Bertz CT molecular complexity index is 686. The fraction of sp³-hybridized carbons (Fsp3) is 0.188. The van der Waals surface area contributed by atoms with E-state index in [1.54, 1.807) is 17.4 Å². The summed E-state index contributed by atoms with van der Waals surface area (Å²) in [4.78, 5) is 13.1. The molecule has 3 nitrogen and oxygen atoms in total. The normalized spacial score (nSPS) is 11.4. The van der Waals surface area contributed by atoms with Gasteiger partial charge in [0.15, 0.2) is 0 Å². The van der Waals surface area contributed by atoms with E-state index >= 15 is 0 Å². The number of nitrogens with one attached hydrogen (secondary N) is 1. The Morgan fingerprint density at radius 1 is 1.48 bits per heavy atom. The van der Waals surface area contributed by atoms with Crippen molar-refractivity contribution in [2.75, 3.05) is 6.54 Å². The maximum atomic E-state index is 13.8. The highest BCUT2D eigenvalue weighted by molar-refractivity contribution is 7.10. The lowest BCUT2D eigenvalue weighted by molar-refractivity contribution is 0.0940. The van der Waals surface area contributed by atoms with Gasteiger partial charge < -0.3 is 11.1 Å². The van der Waals surface area contributed by atoms with Gasteiger partial charge in [-0.3, -0.25) is 4.79 Å². The van der Waals surface area contributed by atoms with Gasteiger partial charge in [-0.25, -0.2) is 4.39 Å². The zero-order chi connectivity index (χ0) is 15.2. The van der Waals surface area contributed by atoms with E-state index in [-0.39, 0.29) is 29.6 Å². The van der Waals surface area contributed by atoms with Crippen molar-refractivity contribution in [3.05, 3.63) is 57.5 Å². The smallest absolute Gasteiger partial charge is 0.251 e. The van der Waals surface area contributed by atoms with E-state index in [4.69, 9.17) is 5.73 Å². The Morgan fingerprint density at radius 2 is 2.29 bits per heavy atom. The highest BCUT2D eigenvalue weighted by Crippen LogP contribution is 2.19. The molecule has 1 heterocycles. The fourth-order valence-electron chi connectivity index (χ4n) is 1.79. The maximum Gasteiger partial charge on any atom is 0.251 e. The van der Waals surface area contributed by atoms with Crippen LogP contribution >= 0.6 is 11.3 Å². The third-order valence-electron chi connectivity index (χ3n) is 2.87. The molecule has 2 rings (SSSR count). The van der Waals surface area contributed by atoms with Crippen molar-refractivity contribution in [2.45, 2.75) is 13.0 Å².